The summed E-state index contributed by atoms with van der Waals surface area (Å²) in [6.45, 7) is -2.76. The maximum Gasteiger partial charge on any atom is 0.417 e. The fourth-order valence-corrected chi connectivity index (χ4v) is 3.27. The topological polar surface area (TPSA) is 95.0 Å². The predicted molar refractivity (Wildman–Crippen MR) is 106 cm³/mol. The zero-order valence-electron chi connectivity index (χ0n) is 15.9. The number of hydrogen-bond donors (Lipinski definition) is 1. The molecule has 0 spiro atoms. The number of carboxylic acid groups (broad SMARTS) is 1. The van der Waals surface area contributed by atoms with Gasteiger partial charge in [0, 0.05) is 18.8 Å². The molecular weight excluding hydrogens is 459 g/mol. The number of aromatic nitrogens is 1. The number of aliphatic carboxylic acids is 1. The third-order valence-corrected chi connectivity index (χ3v) is 5.14. The number of carbonyl (C=O) groups is 2. The van der Waals surface area contributed by atoms with Gasteiger partial charge >= 0.3 is 18.6 Å². The molecule has 0 radical (unpaired) electrons. The van der Waals surface area contributed by atoms with E-state index in [1.807, 2.05) is 0 Å². The van der Waals surface area contributed by atoms with E-state index < -0.39 is 24.7 Å². The van der Waals surface area contributed by atoms with Crippen LogP contribution in [0, 0.1) is 5.92 Å². The molecule has 166 valence electrons. The first-order valence-electron chi connectivity index (χ1n) is 9.18. The maximum absolute atomic E-state index is 12.8. The molecule has 1 atom stereocenters. The number of hydrogen-bond acceptors (Lipinski definition) is 6. The van der Waals surface area contributed by atoms with Crippen molar-refractivity contribution in [2.75, 3.05) is 6.61 Å². The number of pyridine rings is 1. The molecule has 1 aromatic carbocycles. The van der Waals surface area contributed by atoms with Gasteiger partial charge in [-0.15, -0.1) is 0 Å². The van der Waals surface area contributed by atoms with Crippen molar-refractivity contribution in [1.82, 2.24) is 4.98 Å². The molecular formula is C20H17Cl2F2NO6. The van der Waals surface area contributed by atoms with E-state index in [9.17, 15) is 18.4 Å². The lowest BCUT2D eigenvalue weighted by Crippen LogP contribution is -2.21. The van der Waals surface area contributed by atoms with E-state index in [0.29, 0.717) is 18.1 Å². The number of ether oxygens (including phenoxy) is 3. The van der Waals surface area contributed by atoms with E-state index in [2.05, 4.69) is 9.72 Å². The van der Waals surface area contributed by atoms with E-state index in [1.54, 1.807) is 0 Å². The Balaban J connectivity index is 1.94. The van der Waals surface area contributed by atoms with Gasteiger partial charge in [0.2, 0.25) is 0 Å². The fraction of sp³-hybridized carbons (Fsp3) is 0.350. The second-order valence-corrected chi connectivity index (χ2v) is 7.64. The monoisotopic (exact) mass is 475 g/mol. The van der Waals surface area contributed by atoms with Crippen LogP contribution in [0.4, 0.5) is 8.78 Å². The van der Waals surface area contributed by atoms with Gasteiger partial charge in [0.05, 0.1) is 16.7 Å². The number of halogens is 4. The number of nitrogens with zero attached hydrogens (tertiary/aromatic N) is 1. The third kappa shape index (κ3) is 6.41. The van der Waals surface area contributed by atoms with Crippen molar-refractivity contribution < 1.29 is 37.7 Å². The minimum Gasteiger partial charge on any atom is -0.489 e. The van der Waals surface area contributed by atoms with Crippen molar-refractivity contribution >= 4 is 35.1 Å². The molecule has 1 saturated carbocycles. The van der Waals surface area contributed by atoms with Crippen LogP contribution in [0.5, 0.6) is 11.5 Å². The van der Waals surface area contributed by atoms with Crippen molar-refractivity contribution in [3.8, 4) is 11.5 Å². The van der Waals surface area contributed by atoms with E-state index in [4.69, 9.17) is 37.8 Å². The number of esters is 1. The van der Waals surface area contributed by atoms with Crippen molar-refractivity contribution in [3.63, 3.8) is 0 Å². The Morgan fingerprint density at radius 2 is 1.84 bits per heavy atom. The zero-order valence-corrected chi connectivity index (χ0v) is 17.4. The first kappa shape index (κ1) is 23.0. The van der Waals surface area contributed by atoms with Crippen LogP contribution < -0.4 is 9.47 Å². The van der Waals surface area contributed by atoms with Crippen LogP contribution in [0.15, 0.2) is 30.6 Å². The summed E-state index contributed by atoms with van der Waals surface area (Å²) >= 11 is 12.3. The SMILES string of the molecule is O=C(O)C(=O)O[C@@H](Cc1c(Cl)cncc1Cl)c1ccc(OC(F)F)c(OCC2CC2)c1. The lowest BCUT2D eigenvalue weighted by molar-refractivity contribution is -0.167. The fourth-order valence-electron chi connectivity index (χ4n) is 2.75. The summed E-state index contributed by atoms with van der Waals surface area (Å²) in [6.07, 6.45) is 3.39. The number of carbonyl (C=O) groups excluding carboxylic acids is 1. The van der Waals surface area contributed by atoms with Gasteiger partial charge in [-0.05, 0) is 42.0 Å². The second kappa shape index (κ2) is 10.1. The molecule has 0 bridgehead atoms. The molecule has 31 heavy (non-hydrogen) atoms. The van der Waals surface area contributed by atoms with Gasteiger partial charge in [-0.1, -0.05) is 29.3 Å². The molecule has 1 heterocycles. The molecule has 11 heteroatoms. The van der Waals surface area contributed by atoms with Crippen LogP contribution in [-0.4, -0.2) is 35.2 Å². The van der Waals surface area contributed by atoms with Crippen LogP contribution in [0.2, 0.25) is 10.0 Å². The highest BCUT2D eigenvalue weighted by molar-refractivity contribution is 6.35. The lowest BCUT2D eigenvalue weighted by atomic mass is 10.0. The third-order valence-electron chi connectivity index (χ3n) is 4.49. The molecule has 1 aliphatic rings. The molecule has 2 aromatic rings. The quantitative estimate of drug-likeness (QED) is 0.415. The van der Waals surface area contributed by atoms with Crippen LogP contribution in [0.3, 0.4) is 0 Å². The van der Waals surface area contributed by atoms with Gasteiger partial charge in [0.15, 0.2) is 11.5 Å². The van der Waals surface area contributed by atoms with E-state index in [0.717, 1.165) is 12.8 Å². The zero-order chi connectivity index (χ0) is 22.5. The molecule has 7 nitrogen and oxygen atoms in total. The summed E-state index contributed by atoms with van der Waals surface area (Å²) in [4.78, 5) is 26.6. The Labute approximate surface area is 185 Å². The van der Waals surface area contributed by atoms with Gasteiger partial charge in [-0.2, -0.15) is 8.78 Å². The van der Waals surface area contributed by atoms with Gasteiger partial charge in [-0.25, -0.2) is 9.59 Å². The molecule has 1 aliphatic carbocycles. The Bertz CT molecular complexity index is 950. The normalized spacial score (nSPS) is 14.2. The van der Waals surface area contributed by atoms with Crippen molar-refractivity contribution in [2.45, 2.75) is 32.0 Å². The highest BCUT2D eigenvalue weighted by Gasteiger charge is 2.27. The Morgan fingerprint density at radius 1 is 1.16 bits per heavy atom. The molecule has 1 fully saturated rings. The van der Waals surface area contributed by atoms with Crippen LogP contribution >= 0.6 is 23.2 Å². The molecule has 0 saturated heterocycles. The molecule has 0 aliphatic heterocycles. The average Bonchev–Trinajstić information content (AvgIpc) is 3.53. The minimum atomic E-state index is -3.07. The van der Waals surface area contributed by atoms with Gasteiger partial charge in [0.25, 0.3) is 0 Å². The first-order valence-corrected chi connectivity index (χ1v) is 9.93. The van der Waals surface area contributed by atoms with E-state index in [-0.39, 0.29) is 33.5 Å². The summed E-state index contributed by atoms with van der Waals surface area (Å²) in [6, 6.07) is 3.97. The number of alkyl halides is 2. The number of carboxylic acids is 1. The number of benzene rings is 1. The second-order valence-electron chi connectivity index (χ2n) is 6.82. The summed E-state index contributed by atoms with van der Waals surface area (Å²) in [5.41, 5.74) is 0.654. The lowest BCUT2D eigenvalue weighted by Gasteiger charge is -2.20. The predicted octanol–water partition coefficient (Wildman–Crippen LogP) is 4.69. The maximum atomic E-state index is 12.8. The summed E-state index contributed by atoms with van der Waals surface area (Å²) in [7, 11) is 0. The first-order chi connectivity index (χ1) is 14.7. The Kier molecular flexibility index (Phi) is 7.50. The van der Waals surface area contributed by atoms with Crippen LogP contribution in [-0.2, 0) is 20.7 Å². The van der Waals surface area contributed by atoms with Crippen molar-refractivity contribution in [2.24, 2.45) is 5.92 Å². The molecule has 3 rings (SSSR count). The van der Waals surface area contributed by atoms with E-state index >= 15 is 0 Å². The van der Waals surface area contributed by atoms with Gasteiger partial charge in [0.1, 0.15) is 6.10 Å². The van der Waals surface area contributed by atoms with Crippen molar-refractivity contribution in [1.29, 1.82) is 0 Å². The smallest absolute Gasteiger partial charge is 0.417 e. The Morgan fingerprint density at radius 3 is 2.42 bits per heavy atom. The van der Waals surface area contributed by atoms with E-state index in [1.165, 1.54) is 30.6 Å². The van der Waals surface area contributed by atoms with Gasteiger partial charge in [-0.3, -0.25) is 4.98 Å². The van der Waals surface area contributed by atoms with Crippen LogP contribution in [0.25, 0.3) is 0 Å². The summed E-state index contributed by atoms with van der Waals surface area (Å²) in [5.74, 6) is -3.13. The molecule has 0 unspecified atom stereocenters. The molecule has 1 N–H and O–H groups in total. The minimum absolute atomic E-state index is 0.0213. The molecule has 1 aromatic heterocycles. The van der Waals surface area contributed by atoms with Crippen LogP contribution in [0.1, 0.15) is 30.1 Å². The molecule has 0 amide bonds. The average molecular weight is 476 g/mol. The highest BCUT2D eigenvalue weighted by Crippen LogP contribution is 2.37. The highest BCUT2D eigenvalue weighted by atomic mass is 35.5. The summed E-state index contributed by atoms with van der Waals surface area (Å²) < 4.78 is 40.7. The Hall–Kier alpha value is -2.65. The van der Waals surface area contributed by atoms with Crippen molar-refractivity contribution in [3.05, 3.63) is 51.8 Å². The summed E-state index contributed by atoms with van der Waals surface area (Å²) in [5, 5.41) is 9.31. The largest absolute Gasteiger partial charge is 0.489 e. The number of rotatable bonds is 9. The van der Waals surface area contributed by atoms with Gasteiger partial charge < -0.3 is 19.3 Å². The standard InChI is InChI=1S/C20H17Cl2F2NO6/c21-13-7-25-8-14(22)12(13)6-16(30-19(28)18(26)27)11-3-4-15(31-20(23)24)17(5-11)29-9-10-1-2-10/h3-5,7-8,10,16,20H,1-2,6,9H2,(H,26,27)/t16-/m0/s1.